The Kier molecular flexibility index (Phi) is 6.15. The molecule has 0 spiro atoms. The van der Waals surface area contributed by atoms with Crippen LogP contribution < -0.4 is 10.5 Å². The van der Waals surface area contributed by atoms with Crippen molar-refractivity contribution >= 4 is 29.8 Å². The van der Waals surface area contributed by atoms with Crippen molar-refractivity contribution in [3.63, 3.8) is 0 Å². The molecule has 2 rings (SSSR count). The van der Waals surface area contributed by atoms with Crippen LogP contribution in [0.3, 0.4) is 0 Å². The molecule has 0 fully saturated rings. The molecule has 4 nitrogen and oxygen atoms in total. The molecule has 3 N–H and O–H groups in total. The summed E-state index contributed by atoms with van der Waals surface area (Å²) in [6, 6.07) is 15.4. The molecule has 0 aliphatic rings. The molecule has 20 heavy (non-hydrogen) atoms. The molecular formula is C14H14Cl2N2O2. The van der Waals surface area contributed by atoms with E-state index in [2.05, 4.69) is 5.16 Å². The first-order chi connectivity index (χ1) is 9.20. The lowest BCUT2D eigenvalue weighted by molar-refractivity contribution is 0.306. The van der Waals surface area contributed by atoms with E-state index in [0.717, 1.165) is 11.1 Å². The molecular weight excluding hydrogens is 299 g/mol. The molecule has 0 bridgehead atoms. The van der Waals surface area contributed by atoms with Crippen molar-refractivity contribution in [1.82, 2.24) is 0 Å². The summed E-state index contributed by atoms with van der Waals surface area (Å²) in [5.74, 6) is 0.483. The van der Waals surface area contributed by atoms with Gasteiger partial charge in [0.25, 0.3) is 0 Å². The van der Waals surface area contributed by atoms with Crippen LogP contribution in [-0.2, 0) is 0 Å². The Hall–Kier alpha value is -1.91. The maximum Gasteiger partial charge on any atom is 0.177 e. The SMILES string of the molecule is Cl.N/C(COc1ccc(-c2ccccc2)cc1Cl)=N\O. The molecule has 0 aliphatic carbocycles. The first kappa shape index (κ1) is 16.1. The zero-order valence-electron chi connectivity index (χ0n) is 10.5. The van der Waals surface area contributed by atoms with Crippen molar-refractivity contribution in [3.8, 4) is 16.9 Å². The molecule has 0 atom stereocenters. The number of hydrogen-bond donors (Lipinski definition) is 2. The van der Waals surface area contributed by atoms with Crippen molar-refractivity contribution in [1.29, 1.82) is 0 Å². The van der Waals surface area contributed by atoms with Crippen LogP contribution >= 0.6 is 24.0 Å². The summed E-state index contributed by atoms with van der Waals surface area (Å²) in [6.07, 6.45) is 0. The highest BCUT2D eigenvalue weighted by Gasteiger charge is 2.05. The second kappa shape index (κ2) is 7.62. The van der Waals surface area contributed by atoms with Gasteiger partial charge in [0.2, 0.25) is 0 Å². The second-order valence-electron chi connectivity index (χ2n) is 3.89. The minimum absolute atomic E-state index is 0. The predicted molar refractivity (Wildman–Crippen MR) is 83.0 cm³/mol. The number of halogens is 2. The van der Waals surface area contributed by atoms with Crippen LogP contribution in [-0.4, -0.2) is 17.6 Å². The Morgan fingerprint density at radius 2 is 1.85 bits per heavy atom. The molecule has 0 saturated heterocycles. The number of oxime groups is 1. The highest BCUT2D eigenvalue weighted by molar-refractivity contribution is 6.32. The van der Waals surface area contributed by atoms with Crippen LogP contribution in [0.15, 0.2) is 53.7 Å². The lowest BCUT2D eigenvalue weighted by Gasteiger charge is -2.09. The van der Waals surface area contributed by atoms with Gasteiger partial charge >= 0.3 is 0 Å². The molecule has 6 heteroatoms. The standard InChI is InChI=1S/C14H13ClN2O2.ClH/c15-12-8-11(10-4-2-1-3-5-10)6-7-13(12)19-9-14(16)17-18;/h1-8,18H,9H2,(H2,16,17);1H. The van der Waals surface area contributed by atoms with E-state index in [1.165, 1.54) is 0 Å². The van der Waals surface area contributed by atoms with Crippen molar-refractivity contribution in [2.24, 2.45) is 10.9 Å². The van der Waals surface area contributed by atoms with E-state index < -0.39 is 0 Å². The maximum absolute atomic E-state index is 8.42. The number of amidine groups is 1. The third kappa shape index (κ3) is 4.05. The van der Waals surface area contributed by atoms with E-state index in [1.54, 1.807) is 6.07 Å². The van der Waals surface area contributed by atoms with Gasteiger partial charge in [0, 0.05) is 0 Å². The van der Waals surface area contributed by atoms with Gasteiger partial charge < -0.3 is 15.7 Å². The highest BCUT2D eigenvalue weighted by atomic mass is 35.5. The molecule has 0 unspecified atom stereocenters. The lowest BCUT2D eigenvalue weighted by atomic mass is 10.1. The number of ether oxygens (including phenoxy) is 1. The minimum Gasteiger partial charge on any atom is -0.484 e. The van der Waals surface area contributed by atoms with Gasteiger partial charge in [-0.05, 0) is 23.3 Å². The number of rotatable bonds is 4. The molecule has 2 aromatic carbocycles. The quantitative estimate of drug-likeness (QED) is 0.392. The van der Waals surface area contributed by atoms with Gasteiger partial charge in [0.15, 0.2) is 5.84 Å². The fourth-order valence-corrected chi connectivity index (χ4v) is 1.84. The fraction of sp³-hybridized carbons (Fsp3) is 0.0714. The van der Waals surface area contributed by atoms with E-state index in [0.29, 0.717) is 10.8 Å². The summed E-state index contributed by atoms with van der Waals surface area (Å²) in [6.45, 7) is -0.0130. The van der Waals surface area contributed by atoms with Gasteiger partial charge in [-0.2, -0.15) is 0 Å². The molecule has 0 aliphatic heterocycles. The third-order valence-electron chi connectivity index (χ3n) is 2.54. The molecule has 2 aromatic rings. The van der Waals surface area contributed by atoms with Crippen molar-refractivity contribution in [2.45, 2.75) is 0 Å². The van der Waals surface area contributed by atoms with Crippen LogP contribution in [0.2, 0.25) is 5.02 Å². The van der Waals surface area contributed by atoms with Crippen LogP contribution in [0.5, 0.6) is 5.75 Å². The topological polar surface area (TPSA) is 67.8 Å². The van der Waals surface area contributed by atoms with Crippen LogP contribution in [0.4, 0.5) is 0 Å². The summed E-state index contributed by atoms with van der Waals surface area (Å²) >= 11 is 6.14. The molecule has 106 valence electrons. The van der Waals surface area contributed by atoms with Crippen molar-refractivity contribution < 1.29 is 9.94 Å². The minimum atomic E-state index is -0.0130. The molecule has 0 aromatic heterocycles. The number of hydrogen-bond acceptors (Lipinski definition) is 3. The van der Waals surface area contributed by atoms with Crippen molar-refractivity contribution in [3.05, 3.63) is 53.6 Å². The Labute approximate surface area is 128 Å². The zero-order chi connectivity index (χ0) is 13.7. The van der Waals surface area contributed by atoms with E-state index in [9.17, 15) is 0 Å². The highest BCUT2D eigenvalue weighted by Crippen LogP contribution is 2.30. The first-order valence-electron chi connectivity index (χ1n) is 5.65. The summed E-state index contributed by atoms with van der Waals surface area (Å²) in [4.78, 5) is 0. The van der Waals surface area contributed by atoms with Crippen LogP contribution in [0, 0.1) is 0 Å². The summed E-state index contributed by atoms with van der Waals surface area (Å²) in [5.41, 5.74) is 7.40. The summed E-state index contributed by atoms with van der Waals surface area (Å²) in [7, 11) is 0. The molecule has 0 radical (unpaired) electrons. The normalized spacial score (nSPS) is 10.8. The van der Waals surface area contributed by atoms with E-state index in [-0.39, 0.29) is 24.8 Å². The Balaban J connectivity index is 0.00000200. The monoisotopic (exact) mass is 312 g/mol. The first-order valence-corrected chi connectivity index (χ1v) is 6.02. The predicted octanol–water partition coefficient (Wildman–Crippen LogP) is 3.55. The number of nitrogens with two attached hydrogens (primary N) is 1. The van der Waals surface area contributed by atoms with Gasteiger partial charge in [-0.3, -0.25) is 0 Å². The summed E-state index contributed by atoms with van der Waals surface area (Å²) < 4.78 is 5.33. The Bertz CT molecular complexity index is 589. The van der Waals surface area contributed by atoms with Gasteiger partial charge in [0.05, 0.1) is 5.02 Å². The molecule has 0 saturated carbocycles. The van der Waals surface area contributed by atoms with Gasteiger partial charge in [-0.25, -0.2) is 0 Å². The van der Waals surface area contributed by atoms with E-state index in [1.807, 2.05) is 42.5 Å². The second-order valence-corrected chi connectivity index (χ2v) is 4.30. The maximum atomic E-state index is 8.42. The van der Waals surface area contributed by atoms with E-state index in [4.69, 9.17) is 27.3 Å². The third-order valence-corrected chi connectivity index (χ3v) is 2.84. The molecule has 0 heterocycles. The average Bonchev–Trinajstić information content (AvgIpc) is 2.46. The van der Waals surface area contributed by atoms with Gasteiger partial charge in [0.1, 0.15) is 12.4 Å². The summed E-state index contributed by atoms with van der Waals surface area (Å²) in [5, 5.41) is 11.7. The number of nitrogens with zero attached hydrogens (tertiary/aromatic N) is 1. The Morgan fingerprint density at radius 3 is 2.45 bits per heavy atom. The zero-order valence-corrected chi connectivity index (χ0v) is 12.1. The van der Waals surface area contributed by atoms with Crippen LogP contribution in [0.25, 0.3) is 11.1 Å². The average molecular weight is 313 g/mol. The smallest absolute Gasteiger partial charge is 0.177 e. The lowest BCUT2D eigenvalue weighted by Crippen LogP contribution is -2.20. The molecule has 0 amide bonds. The largest absolute Gasteiger partial charge is 0.484 e. The number of benzene rings is 2. The van der Waals surface area contributed by atoms with Crippen LogP contribution in [0.1, 0.15) is 0 Å². The van der Waals surface area contributed by atoms with Gasteiger partial charge in [-0.1, -0.05) is 53.2 Å². The van der Waals surface area contributed by atoms with E-state index >= 15 is 0 Å². The Morgan fingerprint density at radius 1 is 1.15 bits per heavy atom. The van der Waals surface area contributed by atoms with Crippen molar-refractivity contribution in [2.75, 3.05) is 6.61 Å². The van der Waals surface area contributed by atoms with Gasteiger partial charge in [-0.15, -0.1) is 12.4 Å². The fourth-order valence-electron chi connectivity index (χ4n) is 1.61.